The lowest BCUT2D eigenvalue weighted by Crippen LogP contribution is -2.57. The minimum absolute atomic E-state index is 0.0704. The molecule has 4 aliphatic rings. The Morgan fingerprint density at radius 3 is 2.55 bits per heavy atom. The number of benzene rings is 1. The van der Waals surface area contributed by atoms with Gasteiger partial charge in [-0.25, -0.2) is 0 Å². The summed E-state index contributed by atoms with van der Waals surface area (Å²) in [5.74, 6) is 2.21. The van der Waals surface area contributed by atoms with Gasteiger partial charge in [-0.05, 0) is 117 Å². The van der Waals surface area contributed by atoms with Crippen molar-refractivity contribution in [2.24, 2.45) is 34.5 Å². The molecule has 1 aromatic carbocycles. The highest BCUT2D eigenvalue weighted by Crippen LogP contribution is 2.69. The summed E-state index contributed by atoms with van der Waals surface area (Å²) in [4.78, 5) is 27.3. The van der Waals surface area contributed by atoms with E-state index in [-0.39, 0.29) is 29.0 Å². The molecular formula is C39H55NO4. The molecule has 0 aliphatic heterocycles. The molecule has 2 N–H and O–H groups in total. The first-order valence-electron chi connectivity index (χ1n) is 17.3. The van der Waals surface area contributed by atoms with Crippen molar-refractivity contribution >= 4 is 17.3 Å². The quantitative estimate of drug-likeness (QED) is 0.230. The number of fused-ring (bicyclic) bond motifs is 5. The molecule has 0 bridgehead atoms. The van der Waals surface area contributed by atoms with Crippen LogP contribution >= 0.6 is 0 Å². The summed E-state index contributed by atoms with van der Waals surface area (Å²) >= 11 is 0. The highest BCUT2D eigenvalue weighted by Gasteiger charge is 2.65. The molecule has 5 nitrogen and oxygen atoms in total. The van der Waals surface area contributed by atoms with E-state index in [9.17, 15) is 19.8 Å². The van der Waals surface area contributed by atoms with Crippen LogP contribution < -0.4 is 4.90 Å². The number of allylic oxidation sites excluding steroid dienone is 4. The maximum Gasteiger partial charge on any atom is 0.178 e. The van der Waals surface area contributed by atoms with Crippen LogP contribution in [-0.2, 0) is 16.0 Å². The second kappa shape index (κ2) is 13.1. The Bertz CT molecular complexity index is 1290. The molecule has 0 amide bonds. The SMILES string of the molecule is C=C(CCC(=O)CCCc1ccc(N(CCC)CCO)cc1)[C@]1(O)CC[C@@H]2C3CCC4=CC(=O)C=CC4(C)C3C(C)CC21C. The van der Waals surface area contributed by atoms with Gasteiger partial charge in [0.2, 0.25) is 0 Å². The van der Waals surface area contributed by atoms with Gasteiger partial charge in [-0.2, -0.15) is 0 Å². The maximum atomic E-state index is 13.0. The minimum atomic E-state index is -0.935. The summed E-state index contributed by atoms with van der Waals surface area (Å²) in [6.45, 7) is 15.3. The molecule has 0 radical (unpaired) electrons. The number of rotatable bonds is 13. The summed E-state index contributed by atoms with van der Waals surface area (Å²) in [5, 5.41) is 21.7. The molecule has 0 spiro atoms. The van der Waals surface area contributed by atoms with Crippen LogP contribution in [0.4, 0.5) is 5.69 Å². The molecule has 0 heterocycles. The molecule has 5 rings (SSSR count). The van der Waals surface area contributed by atoms with Crippen molar-refractivity contribution < 1.29 is 19.8 Å². The Kier molecular flexibility index (Phi) is 9.78. The molecule has 0 aromatic heterocycles. The van der Waals surface area contributed by atoms with Gasteiger partial charge in [-0.3, -0.25) is 9.59 Å². The van der Waals surface area contributed by atoms with Crippen molar-refractivity contribution in [1.82, 2.24) is 0 Å². The van der Waals surface area contributed by atoms with Crippen LogP contribution in [0.25, 0.3) is 0 Å². The van der Waals surface area contributed by atoms with E-state index in [4.69, 9.17) is 0 Å². The van der Waals surface area contributed by atoms with Crippen LogP contribution in [0, 0.1) is 34.5 Å². The molecule has 3 fully saturated rings. The van der Waals surface area contributed by atoms with E-state index in [0.29, 0.717) is 49.5 Å². The summed E-state index contributed by atoms with van der Waals surface area (Å²) in [7, 11) is 0. The van der Waals surface area contributed by atoms with E-state index >= 15 is 0 Å². The molecule has 4 aliphatic carbocycles. The fourth-order valence-electron chi connectivity index (χ4n) is 10.2. The first-order valence-corrected chi connectivity index (χ1v) is 17.3. The number of ketones is 2. The van der Waals surface area contributed by atoms with E-state index in [1.165, 1.54) is 11.1 Å². The Morgan fingerprint density at radius 2 is 1.84 bits per heavy atom. The molecule has 44 heavy (non-hydrogen) atoms. The van der Waals surface area contributed by atoms with Gasteiger partial charge < -0.3 is 15.1 Å². The third kappa shape index (κ3) is 5.91. The number of aliphatic hydroxyl groups is 2. The lowest BCUT2D eigenvalue weighted by molar-refractivity contribution is -0.126. The zero-order valence-electron chi connectivity index (χ0n) is 27.6. The standard InChI is InChI=1S/C39H55NO4/c1-6-22-40(23-24-41)31-14-11-29(12-15-31)8-7-9-32(42)16-10-28(3)39(44)21-19-35-34-17-13-30-25-33(43)18-20-37(30,4)36(34)27(2)26-38(35,39)5/h11-12,14-15,18,20,25,27,34-36,41,44H,3,6-10,13,16-17,19,21-24,26H2,1-2,4-5H3/t27?,34?,35-,36?,37?,38?,39-/m1/s1. The molecule has 1 aromatic rings. The number of carbonyl (C=O) groups is 2. The van der Waals surface area contributed by atoms with Crippen LogP contribution in [0.5, 0.6) is 0 Å². The fourth-order valence-corrected chi connectivity index (χ4v) is 10.2. The van der Waals surface area contributed by atoms with Crippen molar-refractivity contribution in [1.29, 1.82) is 0 Å². The van der Waals surface area contributed by atoms with E-state index in [1.54, 1.807) is 6.08 Å². The lowest BCUT2D eigenvalue weighted by atomic mass is 9.44. The van der Waals surface area contributed by atoms with Crippen LogP contribution in [0.2, 0.25) is 0 Å². The predicted octanol–water partition coefficient (Wildman–Crippen LogP) is 7.41. The van der Waals surface area contributed by atoms with Gasteiger partial charge >= 0.3 is 0 Å². The normalized spacial score (nSPS) is 34.1. The summed E-state index contributed by atoms with van der Waals surface area (Å²) in [6, 6.07) is 8.51. The number of carbonyl (C=O) groups excluding carboxylic acids is 2. The Morgan fingerprint density at radius 1 is 1.09 bits per heavy atom. The molecule has 0 saturated heterocycles. The molecule has 5 heteroatoms. The van der Waals surface area contributed by atoms with Crippen LogP contribution in [0.3, 0.4) is 0 Å². The van der Waals surface area contributed by atoms with Gasteiger partial charge in [0.25, 0.3) is 0 Å². The lowest BCUT2D eigenvalue weighted by Gasteiger charge is -2.61. The topological polar surface area (TPSA) is 77.8 Å². The third-order valence-electron chi connectivity index (χ3n) is 12.3. The number of hydrogen-bond donors (Lipinski definition) is 2. The van der Waals surface area contributed by atoms with Gasteiger partial charge in [-0.15, -0.1) is 0 Å². The largest absolute Gasteiger partial charge is 0.395 e. The smallest absolute Gasteiger partial charge is 0.178 e. The van der Waals surface area contributed by atoms with Crippen LogP contribution in [0.15, 0.2) is 60.2 Å². The Labute approximate surface area is 265 Å². The molecule has 3 saturated carbocycles. The van der Waals surface area contributed by atoms with E-state index in [1.807, 2.05) is 6.08 Å². The number of aryl methyl sites for hydroxylation is 1. The van der Waals surface area contributed by atoms with Gasteiger partial charge in [0.15, 0.2) is 5.78 Å². The number of anilines is 1. The Hall–Kier alpha value is -2.50. The maximum absolute atomic E-state index is 13.0. The fraction of sp³-hybridized carbons (Fsp3) is 0.641. The molecule has 7 atom stereocenters. The molecule has 240 valence electrons. The first-order chi connectivity index (χ1) is 21.0. The number of aliphatic hydroxyl groups excluding tert-OH is 1. The molecule has 5 unspecified atom stereocenters. The van der Waals surface area contributed by atoms with Gasteiger partial charge in [0, 0.05) is 42.4 Å². The number of nitrogens with zero attached hydrogens (tertiary/aromatic N) is 1. The second-order valence-electron chi connectivity index (χ2n) is 14.9. The average Bonchev–Trinajstić information content (AvgIpc) is 3.27. The van der Waals surface area contributed by atoms with E-state index in [2.05, 4.69) is 69.5 Å². The van der Waals surface area contributed by atoms with Gasteiger partial charge in [0.05, 0.1) is 12.2 Å². The summed E-state index contributed by atoms with van der Waals surface area (Å²) in [5.41, 5.74) is 3.26. The van der Waals surface area contributed by atoms with Crippen molar-refractivity contribution in [2.75, 3.05) is 24.6 Å². The highest BCUT2D eigenvalue weighted by atomic mass is 16.3. The average molecular weight is 602 g/mol. The van der Waals surface area contributed by atoms with Gasteiger partial charge in [0.1, 0.15) is 5.78 Å². The van der Waals surface area contributed by atoms with Crippen LogP contribution in [0.1, 0.15) is 97.5 Å². The highest BCUT2D eigenvalue weighted by molar-refractivity contribution is 6.01. The zero-order chi connectivity index (χ0) is 31.7. The summed E-state index contributed by atoms with van der Waals surface area (Å²) < 4.78 is 0. The molecular weight excluding hydrogens is 546 g/mol. The van der Waals surface area contributed by atoms with E-state index in [0.717, 1.165) is 69.2 Å². The second-order valence-corrected chi connectivity index (χ2v) is 14.9. The Balaban J connectivity index is 1.15. The predicted molar refractivity (Wildman–Crippen MR) is 178 cm³/mol. The zero-order valence-corrected chi connectivity index (χ0v) is 27.6. The van der Waals surface area contributed by atoms with Crippen molar-refractivity contribution in [2.45, 2.75) is 104 Å². The van der Waals surface area contributed by atoms with Crippen molar-refractivity contribution in [3.63, 3.8) is 0 Å². The van der Waals surface area contributed by atoms with Gasteiger partial charge in [-0.1, -0.05) is 58.1 Å². The summed E-state index contributed by atoms with van der Waals surface area (Å²) in [6.07, 6.45) is 14.8. The van der Waals surface area contributed by atoms with E-state index < -0.39 is 5.60 Å². The van der Waals surface area contributed by atoms with Crippen molar-refractivity contribution in [3.05, 3.63) is 65.8 Å². The third-order valence-corrected chi connectivity index (χ3v) is 12.3. The number of Topliss-reactive ketones (excluding diaryl/α,β-unsaturated/α-hetero) is 1. The monoisotopic (exact) mass is 601 g/mol. The van der Waals surface area contributed by atoms with Crippen LogP contribution in [-0.4, -0.2) is 47.1 Å². The first kappa shape index (κ1) is 32.9. The minimum Gasteiger partial charge on any atom is -0.395 e. The number of hydrogen-bond acceptors (Lipinski definition) is 5. The van der Waals surface area contributed by atoms with Crippen molar-refractivity contribution in [3.8, 4) is 0 Å².